The summed E-state index contributed by atoms with van der Waals surface area (Å²) in [4.78, 5) is 5.58. The minimum Gasteiger partial charge on any atom is -0.383 e. The second-order valence-electron chi connectivity index (χ2n) is 4.95. The standard InChI is InChI=1S/C15H14BrN3S/c16-13-7-6-12(20-13)14-9-4-2-1-3-5-11(9)19-15(18)10(14)8-17/h6-7H,1-5H2,(H2,18,19). The number of halogens is 1. The molecule has 0 atom stereocenters. The van der Waals surface area contributed by atoms with Crippen LogP contribution in [0.2, 0.25) is 0 Å². The molecule has 0 unspecified atom stereocenters. The van der Waals surface area contributed by atoms with Gasteiger partial charge in [0.2, 0.25) is 0 Å². The van der Waals surface area contributed by atoms with Gasteiger partial charge in [-0.1, -0.05) is 6.42 Å². The zero-order chi connectivity index (χ0) is 14.1. The third-order valence-corrected chi connectivity index (χ3v) is 5.32. The van der Waals surface area contributed by atoms with E-state index in [0.29, 0.717) is 11.4 Å². The zero-order valence-corrected chi connectivity index (χ0v) is 13.4. The molecule has 0 aromatic carbocycles. The van der Waals surface area contributed by atoms with E-state index < -0.39 is 0 Å². The molecule has 2 N–H and O–H groups in total. The summed E-state index contributed by atoms with van der Waals surface area (Å²) in [5, 5.41) is 9.46. The summed E-state index contributed by atoms with van der Waals surface area (Å²) in [6.45, 7) is 0. The van der Waals surface area contributed by atoms with Crippen molar-refractivity contribution in [3.63, 3.8) is 0 Å². The number of nitriles is 1. The van der Waals surface area contributed by atoms with Gasteiger partial charge >= 0.3 is 0 Å². The van der Waals surface area contributed by atoms with E-state index in [1.165, 1.54) is 12.0 Å². The third kappa shape index (κ3) is 2.34. The van der Waals surface area contributed by atoms with Gasteiger partial charge in [0.05, 0.1) is 3.79 Å². The Bertz CT molecular complexity index is 700. The predicted molar refractivity (Wildman–Crippen MR) is 85.6 cm³/mol. The summed E-state index contributed by atoms with van der Waals surface area (Å²) in [5.74, 6) is 0.368. The van der Waals surface area contributed by atoms with Gasteiger partial charge in [0, 0.05) is 16.1 Å². The van der Waals surface area contributed by atoms with Crippen LogP contribution < -0.4 is 5.73 Å². The van der Waals surface area contributed by atoms with E-state index in [-0.39, 0.29) is 0 Å². The fraction of sp³-hybridized carbons (Fsp3) is 0.333. The smallest absolute Gasteiger partial charge is 0.142 e. The highest BCUT2D eigenvalue weighted by Crippen LogP contribution is 2.39. The molecular weight excluding hydrogens is 334 g/mol. The number of aromatic nitrogens is 1. The van der Waals surface area contributed by atoms with Crippen molar-refractivity contribution in [3.05, 3.63) is 32.7 Å². The number of nitrogen functional groups attached to an aromatic ring is 1. The molecule has 0 saturated heterocycles. The van der Waals surface area contributed by atoms with Crippen molar-refractivity contribution in [2.75, 3.05) is 5.73 Å². The summed E-state index contributed by atoms with van der Waals surface area (Å²) in [6.07, 6.45) is 5.47. The highest BCUT2D eigenvalue weighted by atomic mass is 79.9. The minimum absolute atomic E-state index is 0.368. The van der Waals surface area contributed by atoms with Gasteiger partial charge in [0.1, 0.15) is 17.5 Å². The van der Waals surface area contributed by atoms with E-state index in [2.05, 4.69) is 33.0 Å². The Morgan fingerprint density at radius 3 is 2.75 bits per heavy atom. The molecular formula is C15H14BrN3S. The summed E-state index contributed by atoms with van der Waals surface area (Å²) < 4.78 is 1.06. The molecule has 0 spiro atoms. The van der Waals surface area contributed by atoms with Crippen LogP contribution in [0.5, 0.6) is 0 Å². The van der Waals surface area contributed by atoms with E-state index in [0.717, 1.165) is 45.6 Å². The molecule has 0 bridgehead atoms. The molecule has 1 aliphatic rings. The quantitative estimate of drug-likeness (QED) is 0.782. The number of fused-ring (bicyclic) bond motifs is 1. The van der Waals surface area contributed by atoms with Crippen LogP contribution >= 0.6 is 27.3 Å². The van der Waals surface area contributed by atoms with E-state index >= 15 is 0 Å². The number of aryl methyl sites for hydroxylation is 1. The number of pyridine rings is 1. The van der Waals surface area contributed by atoms with E-state index in [1.54, 1.807) is 11.3 Å². The van der Waals surface area contributed by atoms with Crippen LogP contribution in [0.4, 0.5) is 5.82 Å². The largest absolute Gasteiger partial charge is 0.383 e. The Balaban J connectivity index is 2.29. The normalized spacial score (nSPS) is 14.4. The van der Waals surface area contributed by atoms with E-state index in [4.69, 9.17) is 5.73 Å². The molecule has 3 nitrogen and oxygen atoms in total. The molecule has 20 heavy (non-hydrogen) atoms. The first kappa shape index (κ1) is 13.6. The Labute approximate surface area is 130 Å². The van der Waals surface area contributed by atoms with Crippen molar-refractivity contribution in [2.24, 2.45) is 0 Å². The topological polar surface area (TPSA) is 62.7 Å². The lowest BCUT2D eigenvalue weighted by atomic mass is 9.96. The number of nitrogens with zero attached hydrogens (tertiary/aromatic N) is 2. The molecule has 5 heteroatoms. The summed E-state index contributed by atoms with van der Waals surface area (Å²) in [5.41, 5.74) is 9.85. The van der Waals surface area contributed by atoms with Crippen LogP contribution in [0.3, 0.4) is 0 Å². The molecule has 0 radical (unpaired) electrons. The molecule has 2 heterocycles. The molecule has 2 aromatic rings. The first-order valence-corrected chi connectivity index (χ1v) is 8.28. The fourth-order valence-electron chi connectivity index (χ4n) is 2.77. The van der Waals surface area contributed by atoms with Gasteiger partial charge in [-0.05, 0) is 59.3 Å². The number of rotatable bonds is 1. The lowest BCUT2D eigenvalue weighted by Gasteiger charge is -2.14. The monoisotopic (exact) mass is 347 g/mol. The van der Waals surface area contributed by atoms with Crippen molar-refractivity contribution in [3.8, 4) is 16.5 Å². The molecule has 3 rings (SSSR count). The van der Waals surface area contributed by atoms with Crippen molar-refractivity contribution < 1.29 is 0 Å². The average molecular weight is 348 g/mol. The molecule has 0 aliphatic heterocycles. The second-order valence-corrected chi connectivity index (χ2v) is 7.41. The summed E-state index contributed by atoms with van der Waals surface area (Å²) >= 11 is 5.14. The molecule has 0 amide bonds. The number of nitrogens with two attached hydrogens (primary N) is 1. The van der Waals surface area contributed by atoms with Crippen LogP contribution in [0, 0.1) is 11.3 Å². The number of thiophene rings is 1. The Kier molecular flexibility index (Phi) is 3.77. The number of hydrogen-bond donors (Lipinski definition) is 1. The van der Waals surface area contributed by atoms with Crippen molar-refractivity contribution in [1.29, 1.82) is 5.26 Å². The van der Waals surface area contributed by atoms with Gasteiger partial charge in [-0.25, -0.2) is 4.98 Å². The van der Waals surface area contributed by atoms with Crippen LogP contribution in [-0.2, 0) is 12.8 Å². The number of anilines is 1. The van der Waals surface area contributed by atoms with Crippen LogP contribution in [-0.4, -0.2) is 4.98 Å². The zero-order valence-electron chi connectivity index (χ0n) is 10.9. The summed E-state index contributed by atoms with van der Waals surface area (Å²) in [7, 11) is 0. The molecule has 2 aromatic heterocycles. The van der Waals surface area contributed by atoms with Gasteiger partial charge in [-0.3, -0.25) is 0 Å². The Hall–Kier alpha value is -1.38. The number of hydrogen-bond acceptors (Lipinski definition) is 4. The maximum absolute atomic E-state index is 9.46. The molecule has 0 saturated carbocycles. The van der Waals surface area contributed by atoms with Gasteiger partial charge < -0.3 is 5.73 Å². The van der Waals surface area contributed by atoms with Crippen molar-refractivity contribution >= 4 is 33.1 Å². The van der Waals surface area contributed by atoms with Crippen LogP contribution in [0.1, 0.15) is 36.1 Å². The van der Waals surface area contributed by atoms with Gasteiger partial charge in [-0.2, -0.15) is 5.26 Å². The van der Waals surface area contributed by atoms with Crippen LogP contribution in [0.15, 0.2) is 15.9 Å². The predicted octanol–water partition coefficient (Wildman–Crippen LogP) is 4.30. The second kappa shape index (κ2) is 5.55. The van der Waals surface area contributed by atoms with Crippen LogP contribution in [0.25, 0.3) is 10.4 Å². The SMILES string of the molecule is N#Cc1c(N)nc2c(c1-c1ccc(Br)s1)CCCCC2. The Morgan fingerprint density at radius 2 is 2.05 bits per heavy atom. The minimum atomic E-state index is 0.368. The van der Waals surface area contributed by atoms with Crippen molar-refractivity contribution in [2.45, 2.75) is 32.1 Å². The Morgan fingerprint density at radius 1 is 1.25 bits per heavy atom. The lowest BCUT2D eigenvalue weighted by Crippen LogP contribution is -2.06. The lowest BCUT2D eigenvalue weighted by molar-refractivity contribution is 0.709. The van der Waals surface area contributed by atoms with E-state index in [9.17, 15) is 5.26 Å². The average Bonchev–Trinajstić information content (AvgIpc) is 2.72. The van der Waals surface area contributed by atoms with E-state index in [1.807, 2.05) is 6.07 Å². The third-order valence-electron chi connectivity index (χ3n) is 3.68. The highest BCUT2D eigenvalue weighted by molar-refractivity contribution is 9.11. The molecule has 0 fully saturated rings. The van der Waals surface area contributed by atoms with Crippen molar-refractivity contribution in [1.82, 2.24) is 4.98 Å². The van der Waals surface area contributed by atoms with Gasteiger partial charge in [0.15, 0.2) is 0 Å². The fourth-order valence-corrected chi connectivity index (χ4v) is 4.24. The first-order chi connectivity index (χ1) is 9.70. The van der Waals surface area contributed by atoms with Gasteiger partial charge in [0.25, 0.3) is 0 Å². The maximum Gasteiger partial charge on any atom is 0.142 e. The maximum atomic E-state index is 9.46. The first-order valence-electron chi connectivity index (χ1n) is 6.67. The molecule has 102 valence electrons. The summed E-state index contributed by atoms with van der Waals surface area (Å²) in [6, 6.07) is 6.31. The van der Waals surface area contributed by atoms with Gasteiger partial charge in [-0.15, -0.1) is 11.3 Å². The highest BCUT2D eigenvalue weighted by Gasteiger charge is 2.21. The molecule has 1 aliphatic carbocycles.